The van der Waals surface area contributed by atoms with E-state index >= 15 is 0 Å². The molecule has 0 spiro atoms. The van der Waals surface area contributed by atoms with E-state index in [4.69, 9.17) is 4.74 Å². The van der Waals surface area contributed by atoms with Crippen molar-refractivity contribution in [2.75, 3.05) is 11.9 Å². The number of anilines is 1. The molecular weight excluding hydrogens is 561 g/mol. The first-order valence-corrected chi connectivity index (χ1v) is 13.2. The number of benzene rings is 4. The topological polar surface area (TPSA) is 97.6 Å². The standard InChI is InChI=1S/C33H25F3N2O5/c34-33(35,36)25-15-13-23(14-16-25)30(39)37-28-17-24(27-12-6-10-22-9-4-5-11-26(22)27)18-38(31(28)40)29(32(41)42)20-43-19-21-7-2-1-3-8-21/h1-18,29H,19-20H2,(H,37,39)(H,41,42)/t29-/m0/s1. The van der Waals surface area contributed by atoms with Crippen LogP contribution in [0.5, 0.6) is 0 Å². The number of nitrogens with zero attached hydrogens (tertiary/aromatic N) is 1. The molecular formula is C33H25F3N2O5. The molecule has 0 aliphatic rings. The molecule has 5 rings (SSSR count). The fourth-order valence-corrected chi connectivity index (χ4v) is 4.69. The summed E-state index contributed by atoms with van der Waals surface area (Å²) in [5.41, 5.74) is -0.183. The van der Waals surface area contributed by atoms with Crippen LogP contribution in [0.4, 0.5) is 18.9 Å². The lowest BCUT2D eigenvalue weighted by atomic mass is 9.99. The SMILES string of the molecule is O=C(Nc1cc(-c2cccc3ccccc23)cn([C@@H](COCc2ccccc2)C(=O)O)c1=O)c1ccc(C(F)(F)F)cc1. The van der Waals surface area contributed by atoms with Crippen LogP contribution in [0, 0.1) is 0 Å². The number of carboxylic acid groups (broad SMARTS) is 1. The molecule has 0 aliphatic heterocycles. The zero-order valence-corrected chi connectivity index (χ0v) is 22.5. The summed E-state index contributed by atoms with van der Waals surface area (Å²) in [5, 5.41) is 14.3. The summed E-state index contributed by atoms with van der Waals surface area (Å²) in [6, 6.07) is 25.6. The smallest absolute Gasteiger partial charge is 0.416 e. The Labute approximate surface area is 243 Å². The number of alkyl halides is 3. The minimum Gasteiger partial charge on any atom is -0.480 e. The Morgan fingerprint density at radius 3 is 2.26 bits per heavy atom. The molecule has 0 unspecified atom stereocenters. The largest absolute Gasteiger partial charge is 0.480 e. The van der Waals surface area contributed by atoms with Crippen molar-refractivity contribution in [1.82, 2.24) is 4.57 Å². The van der Waals surface area contributed by atoms with E-state index in [-0.39, 0.29) is 24.5 Å². The molecule has 1 atom stereocenters. The highest BCUT2D eigenvalue weighted by Gasteiger charge is 2.30. The second-order valence-corrected chi connectivity index (χ2v) is 9.77. The van der Waals surface area contributed by atoms with Crippen LogP contribution in [-0.2, 0) is 22.3 Å². The monoisotopic (exact) mass is 586 g/mol. The number of hydrogen-bond donors (Lipinski definition) is 2. The normalized spacial score (nSPS) is 12.2. The van der Waals surface area contributed by atoms with Gasteiger partial charge in [0, 0.05) is 17.3 Å². The van der Waals surface area contributed by atoms with E-state index < -0.39 is 35.2 Å². The van der Waals surface area contributed by atoms with Crippen LogP contribution in [0.1, 0.15) is 27.5 Å². The average Bonchev–Trinajstić information content (AvgIpc) is 3.00. The first-order chi connectivity index (χ1) is 20.6. The molecule has 0 saturated carbocycles. The molecule has 0 aliphatic carbocycles. The lowest BCUT2D eigenvalue weighted by molar-refractivity contribution is -0.143. The van der Waals surface area contributed by atoms with E-state index in [2.05, 4.69) is 5.32 Å². The Balaban J connectivity index is 1.55. The summed E-state index contributed by atoms with van der Waals surface area (Å²) >= 11 is 0. The van der Waals surface area contributed by atoms with Crippen molar-refractivity contribution in [3.63, 3.8) is 0 Å². The maximum absolute atomic E-state index is 13.6. The third kappa shape index (κ3) is 6.65. The van der Waals surface area contributed by atoms with E-state index in [0.717, 1.165) is 45.2 Å². The van der Waals surface area contributed by atoms with Gasteiger partial charge in [-0.1, -0.05) is 72.8 Å². The second-order valence-electron chi connectivity index (χ2n) is 9.77. The van der Waals surface area contributed by atoms with E-state index in [1.54, 1.807) is 6.07 Å². The number of carbonyl (C=O) groups excluding carboxylic acids is 1. The van der Waals surface area contributed by atoms with Crippen LogP contribution < -0.4 is 10.9 Å². The number of fused-ring (bicyclic) bond motifs is 1. The number of ether oxygens (including phenoxy) is 1. The molecule has 218 valence electrons. The number of aromatic nitrogens is 1. The Hall–Kier alpha value is -5.22. The fourth-order valence-electron chi connectivity index (χ4n) is 4.69. The van der Waals surface area contributed by atoms with Gasteiger partial charge in [0.1, 0.15) is 5.69 Å². The highest BCUT2D eigenvalue weighted by Crippen LogP contribution is 2.31. The number of rotatable bonds is 9. The number of hydrogen-bond acceptors (Lipinski definition) is 4. The number of halogens is 3. The van der Waals surface area contributed by atoms with Crippen LogP contribution in [-0.4, -0.2) is 28.2 Å². The van der Waals surface area contributed by atoms with Gasteiger partial charge >= 0.3 is 12.1 Å². The number of pyridine rings is 1. The van der Waals surface area contributed by atoms with Gasteiger partial charge in [-0.2, -0.15) is 13.2 Å². The Morgan fingerprint density at radius 1 is 0.884 bits per heavy atom. The number of carboxylic acids is 1. The first-order valence-electron chi connectivity index (χ1n) is 13.2. The Morgan fingerprint density at radius 2 is 1.56 bits per heavy atom. The summed E-state index contributed by atoms with van der Waals surface area (Å²) in [5.74, 6) is -2.16. The second kappa shape index (κ2) is 12.3. The van der Waals surface area contributed by atoms with E-state index in [0.29, 0.717) is 11.1 Å². The van der Waals surface area contributed by atoms with Gasteiger partial charge in [-0.05, 0) is 52.2 Å². The average molecular weight is 587 g/mol. The molecule has 10 heteroatoms. The van der Waals surface area contributed by atoms with Crippen molar-refractivity contribution in [2.24, 2.45) is 0 Å². The quantitative estimate of drug-likeness (QED) is 0.198. The Kier molecular flexibility index (Phi) is 8.40. The summed E-state index contributed by atoms with van der Waals surface area (Å²) in [4.78, 5) is 39.1. The van der Waals surface area contributed by atoms with E-state index in [9.17, 15) is 32.7 Å². The number of carbonyl (C=O) groups is 2. The molecule has 43 heavy (non-hydrogen) atoms. The molecule has 1 heterocycles. The van der Waals surface area contributed by atoms with Crippen LogP contribution in [0.15, 0.2) is 114 Å². The Bertz CT molecular complexity index is 1830. The molecule has 1 amide bonds. The van der Waals surface area contributed by atoms with Crippen molar-refractivity contribution in [3.05, 3.63) is 136 Å². The third-order valence-electron chi connectivity index (χ3n) is 6.87. The van der Waals surface area contributed by atoms with Gasteiger partial charge in [0.2, 0.25) is 0 Å². The lowest BCUT2D eigenvalue weighted by Crippen LogP contribution is -2.34. The van der Waals surface area contributed by atoms with Gasteiger partial charge in [0.05, 0.1) is 18.8 Å². The van der Waals surface area contributed by atoms with Crippen molar-refractivity contribution in [3.8, 4) is 11.1 Å². The molecule has 2 N–H and O–H groups in total. The fraction of sp³-hybridized carbons (Fsp3) is 0.121. The summed E-state index contributed by atoms with van der Waals surface area (Å²) < 4.78 is 45.7. The lowest BCUT2D eigenvalue weighted by Gasteiger charge is -2.19. The molecule has 1 aromatic heterocycles. The number of nitrogens with one attached hydrogen (secondary N) is 1. The molecule has 0 fully saturated rings. The zero-order chi connectivity index (χ0) is 30.6. The van der Waals surface area contributed by atoms with Gasteiger partial charge in [0.25, 0.3) is 11.5 Å². The minimum atomic E-state index is -4.58. The number of aliphatic carboxylic acids is 1. The van der Waals surface area contributed by atoms with Gasteiger partial charge in [0.15, 0.2) is 6.04 Å². The van der Waals surface area contributed by atoms with Crippen molar-refractivity contribution in [1.29, 1.82) is 0 Å². The van der Waals surface area contributed by atoms with Gasteiger partial charge in [-0.25, -0.2) is 4.79 Å². The van der Waals surface area contributed by atoms with Crippen molar-refractivity contribution >= 4 is 28.3 Å². The van der Waals surface area contributed by atoms with Gasteiger partial charge < -0.3 is 15.2 Å². The predicted molar refractivity (Wildman–Crippen MR) is 156 cm³/mol. The van der Waals surface area contributed by atoms with Crippen molar-refractivity contribution in [2.45, 2.75) is 18.8 Å². The minimum absolute atomic E-state index is 0.111. The highest BCUT2D eigenvalue weighted by atomic mass is 19.4. The van der Waals surface area contributed by atoms with Crippen LogP contribution in [0.2, 0.25) is 0 Å². The zero-order valence-electron chi connectivity index (χ0n) is 22.5. The molecule has 7 nitrogen and oxygen atoms in total. The highest BCUT2D eigenvalue weighted by molar-refractivity contribution is 6.05. The predicted octanol–water partition coefficient (Wildman–Crippen LogP) is 6.78. The van der Waals surface area contributed by atoms with E-state index in [1.165, 1.54) is 12.3 Å². The van der Waals surface area contributed by atoms with Crippen LogP contribution in [0.25, 0.3) is 21.9 Å². The third-order valence-corrected chi connectivity index (χ3v) is 6.87. The van der Waals surface area contributed by atoms with Gasteiger partial charge in [-0.3, -0.25) is 14.2 Å². The molecule has 5 aromatic rings. The maximum atomic E-state index is 13.6. The summed E-state index contributed by atoms with van der Waals surface area (Å²) in [6.45, 7) is -0.241. The van der Waals surface area contributed by atoms with Crippen LogP contribution >= 0.6 is 0 Å². The molecule has 4 aromatic carbocycles. The number of amides is 1. The summed E-state index contributed by atoms with van der Waals surface area (Å²) in [6.07, 6.45) is -3.17. The van der Waals surface area contributed by atoms with Crippen LogP contribution in [0.3, 0.4) is 0 Å². The first kappa shape index (κ1) is 29.3. The molecule has 0 saturated heterocycles. The van der Waals surface area contributed by atoms with Crippen molar-refractivity contribution < 1.29 is 32.6 Å². The maximum Gasteiger partial charge on any atom is 0.416 e. The van der Waals surface area contributed by atoms with Gasteiger partial charge in [-0.15, -0.1) is 0 Å². The molecule has 0 bridgehead atoms. The summed E-state index contributed by atoms with van der Waals surface area (Å²) in [7, 11) is 0. The van der Waals surface area contributed by atoms with E-state index in [1.807, 2.05) is 66.7 Å². The molecule has 0 radical (unpaired) electrons.